The number of piperazine rings is 1. The maximum absolute atomic E-state index is 15.2. The van der Waals surface area contributed by atoms with Crippen molar-refractivity contribution in [2.45, 2.75) is 51.6 Å². The molecule has 0 bridgehead atoms. The number of carbonyl (C=O) groups is 2. The molecule has 2 fully saturated rings. The second-order valence-corrected chi connectivity index (χ2v) is 12.2. The summed E-state index contributed by atoms with van der Waals surface area (Å²) in [5.74, 6) is 1.25. The number of nitrogens with zero attached hydrogens (tertiary/aromatic N) is 6. The van der Waals surface area contributed by atoms with E-state index in [2.05, 4.69) is 25.5 Å². The molecule has 12 nitrogen and oxygen atoms in total. The molecule has 1 saturated heterocycles. The van der Waals surface area contributed by atoms with Crippen molar-refractivity contribution in [2.75, 3.05) is 42.9 Å². The lowest BCUT2D eigenvalue weighted by molar-refractivity contribution is -0.130. The predicted molar refractivity (Wildman–Crippen MR) is 173 cm³/mol. The van der Waals surface area contributed by atoms with E-state index in [0.717, 1.165) is 29.7 Å². The van der Waals surface area contributed by atoms with Gasteiger partial charge in [-0.1, -0.05) is 35.6 Å². The number of aryl methyl sites for hydroxylation is 1. The SMILES string of the molecule is Cc1nc2cc(C(=O)NCC(=O)N3CCN(c4ccc(-c5cc(CNc6ccon6)on5)cc4F)CC3)ccc2n1C1CCCCC1. The van der Waals surface area contributed by atoms with E-state index in [1.54, 1.807) is 41.3 Å². The summed E-state index contributed by atoms with van der Waals surface area (Å²) in [6, 6.07) is 14.4. The molecule has 0 spiro atoms. The van der Waals surface area contributed by atoms with Gasteiger partial charge in [0.15, 0.2) is 11.6 Å². The molecule has 0 unspecified atom stereocenters. The van der Waals surface area contributed by atoms with Gasteiger partial charge in [0.2, 0.25) is 5.91 Å². The summed E-state index contributed by atoms with van der Waals surface area (Å²) in [4.78, 5) is 34.3. The maximum Gasteiger partial charge on any atom is 0.251 e. The Balaban J connectivity index is 0.905. The van der Waals surface area contributed by atoms with Crippen LogP contribution in [0.2, 0.25) is 0 Å². The number of imidazole rings is 1. The van der Waals surface area contributed by atoms with Gasteiger partial charge in [-0.25, -0.2) is 9.37 Å². The van der Waals surface area contributed by atoms with Crippen LogP contribution < -0.4 is 15.5 Å². The summed E-state index contributed by atoms with van der Waals surface area (Å²) < 4.78 is 27.7. The Labute approximate surface area is 270 Å². The number of hydrogen-bond donors (Lipinski definition) is 2. The number of amides is 2. The fraction of sp³-hybridized carbons (Fsp3) is 0.382. The van der Waals surface area contributed by atoms with Crippen molar-refractivity contribution < 1.29 is 23.0 Å². The van der Waals surface area contributed by atoms with Gasteiger partial charge in [-0.05, 0) is 50.1 Å². The van der Waals surface area contributed by atoms with Crippen molar-refractivity contribution in [3.05, 3.63) is 77.8 Å². The third-order valence-corrected chi connectivity index (χ3v) is 9.13. The first-order chi connectivity index (χ1) is 22.9. The highest BCUT2D eigenvalue weighted by atomic mass is 19.1. The van der Waals surface area contributed by atoms with Crippen molar-refractivity contribution in [1.29, 1.82) is 0 Å². The molecule has 4 heterocycles. The van der Waals surface area contributed by atoms with E-state index < -0.39 is 0 Å². The number of anilines is 2. The number of fused-ring (bicyclic) bond motifs is 1. The van der Waals surface area contributed by atoms with Gasteiger partial charge >= 0.3 is 0 Å². The summed E-state index contributed by atoms with van der Waals surface area (Å²) in [5, 5.41) is 13.7. The van der Waals surface area contributed by atoms with E-state index in [1.165, 1.54) is 31.6 Å². The Morgan fingerprint density at radius 2 is 1.81 bits per heavy atom. The van der Waals surface area contributed by atoms with E-state index in [1.807, 2.05) is 17.9 Å². The van der Waals surface area contributed by atoms with Crippen LogP contribution in [-0.2, 0) is 11.3 Å². The van der Waals surface area contributed by atoms with Crippen LogP contribution in [0.4, 0.5) is 15.9 Å². The zero-order valence-corrected chi connectivity index (χ0v) is 26.2. The van der Waals surface area contributed by atoms with Gasteiger partial charge in [-0.15, -0.1) is 0 Å². The van der Waals surface area contributed by atoms with Crippen LogP contribution in [0.5, 0.6) is 0 Å². The first-order valence-electron chi connectivity index (χ1n) is 16.1. The second kappa shape index (κ2) is 13.3. The standard InChI is InChI=1S/C34H37FN8O4/c1-22-38-29-18-24(8-10-31(29)43(22)25-5-3-2-4-6-25)34(45)37-21-33(44)42-14-12-41(13-15-42)30-9-7-23(17-27(30)35)28-19-26(47-39-28)20-36-32-11-16-46-40-32/h7-11,16-19,25H,2-6,12-15,20-21H2,1H3,(H,36,40)(H,37,45). The number of benzene rings is 2. The molecule has 5 aromatic rings. The molecule has 2 N–H and O–H groups in total. The molecule has 2 amide bonds. The molecule has 47 heavy (non-hydrogen) atoms. The minimum absolute atomic E-state index is 0.108. The number of nitrogens with one attached hydrogen (secondary N) is 2. The summed E-state index contributed by atoms with van der Waals surface area (Å²) in [5.41, 5.74) is 3.90. The molecule has 244 valence electrons. The van der Waals surface area contributed by atoms with E-state index >= 15 is 4.39 Å². The summed E-state index contributed by atoms with van der Waals surface area (Å²) in [6.07, 6.45) is 7.52. The highest BCUT2D eigenvalue weighted by Gasteiger charge is 2.25. The van der Waals surface area contributed by atoms with Crippen LogP contribution in [0, 0.1) is 12.7 Å². The zero-order chi connectivity index (χ0) is 32.3. The lowest BCUT2D eigenvalue weighted by Gasteiger charge is -2.36. The predicted octanol–water partition coefficient (Wildman–Crippen LogP) is 5.32. The number of carbonyl (C=O) groups excluding carboxylic acids is 2. The monoisotopic (exact) mass is 640 g/mol. The topological polar surface area (TPSA) is 135 Å². The van der Waals surface area contributed by atoms with Gasteiger partial charge in [-0.2, -0.15) is 0 Å². The molecule has 2 aromatic carbocycles. The highest BCUT2D eigenvalue weighted by molar-refractivity contribution is 5.99. The Kier molecular flexibility index (Phi) is 8.60. The van der Waals surface area contributed by atoms with Gasteiger partial charge < -0.3 is 34.0 Å². The Morgan fingerprint density at radius 1 is 0.979 bits per heavy atom. The van der Waals surface area contributed by atoms with Crippen LogP contribution in [0.3, 0.4) is 0 Å². The van der Waals surface area contributed by atoms with Crippen molar-refractivity contribution in [2.24, 2.45) is 0 Å². The van der Waals surface area contributed by atoms with Crippen molar-refractivity contribution in [1.82, 2.24) is 30.1 Å². The fourth-order valence-electron chi connectivity index (χ4n) is 6.66. The van der Waals surface area contributed by atoms with Crippen LogP contribution in [-0.4, -0.2) is 69.3 Å². The highest BCUT2D eigenvalue weighted by Crippen LogP contribution is 2.33. The molecule has 3 aromatic heterocycles. The average Bonchev–Trinajstić information content (AvgIpc) is 3.86. The van der Waals surface area contributed by atoms with E-state index in [0.29, 0.717) is 72.9 Å². The van der Waals surface area contributed by atoms with Crippen LogP contribution in [0.15, 0.2) is 63.8 Å². The largest absolute Gasteiger partial charge is 0.366 e. The summed E-state index contributed by atoms with van der Waals surface area (Å²) >= 11 is 0. The zero-order valence-electron chi connectivity index (χ0n) is 26.2. The lowest BCUT2D eigenvalue weighted by atomic mass is 9.95. The number of aromatic nitrogens is 4. The van der Waals surface area contributed by atoms with E-state index in [9.17, 15) is 9.59 Å². The molecular weight excluding hydrogens is 603 g/mol. The van der Waals surface area contributed by atoms with Crippen LogP contribution in [0.1, 0.15) is 60.1 Å². The average molecular weight is 641 g/mol. The normalized spacial score (nSPS) is 15.7. The molecule has 7 rings (SSSR count). The third-order valence-electron chi connectivity index (χ3n) is 9.13. The number of halogens is 1. The molecule has 1 saturated carbocycles. The van der Waals surface area contributed by atoms with Crippen molar-refractivity contribution in [3.63, 3.8) is 0 Å². The minimum atomic E-state index is -0.379. The minimum Gasteiger partial charge on any atom is -0.366 e. The van der Waals surface area contributed by atoms with Gasteiger partial charge in [-0.3, -0.25) is 9.59 Å². The van der Waals surface area contributed by atoms with Gasteiger partial charge in [0.25, 0.3) is 5.91 Å². The second-order valence-electron chi connectivity index (χ2n) is 12.2. The first-order valence-corrected chi connectivity index (χ1v) is 16.1. The molecule has 13 heteroatoms. The molecule has 0 atom stereocenters. The van der Waals surface area contributed by atoms with Crippen molar-refractivity contribution >= 4 is 34.4 Å². The Bertz CT molecular complexity index is 1870. The Hall–Kier alpha value is -5.20. The molecule has 2 aliphatic rings. The lowest BCUT2D eigenvalue weighted by Crippen LogP contribution is -2.51. The first kappa shape index (κ1) is 30.5. The van der Waals surface area contributed by atoms with E-state index in [-0.39, 0.29) is 24.2 Å². The fourth-order valence-corrected chi connectivity index (χ4v) is 6.66. The van der Waals surface area contributed by atoms with Crippen LogP contribution in [0.25, 0.3) is 22.3 Å². The van der Waals surface area contributed by atoms with Gasteiger partial charge in [0.1, 0.15) is 23.6 Å². The number of rotatable bonds is 9. The quantitative estimate of drug-likeness (QED) is 0.219. The van der Waals surface area contributed by atoms with Gasteiger partial charge in [0, 0.05) is 55.5 Å². The summed E-state index contributed by atoms with van der Waals surface area (Å²) in [6.45, 7) is 4.05. The Morgan fingerprint density at radius 3 is 2.57 bits per heavy atom. The molecule has 1 aliphatic carbocycles. The maximum atomic E-state index is 15.2. The third kappa shape index (κ3) is 6.56. The molecular formula is C34H37FN8O4. The van der Waals surface area contributed by atoms with Crippen LogP contribution >= 0.6 is 0 Å². The number of hydrogen-bond acceptors (Lipinski definition) is 9. The smallest absolute Gasteiger partial charge is 0.251 e. The molecule has 0 radical (unpaired) electrons. The van der Waals surface area contributed by atoms with Gasteiger partial charge in [0.05, 0.1) is 29.8 Å². The summed E-state index contributed by atoms with van der Waals surface area (Å²) in [7, 11) is 0. The van der Waals surface area contributed by atoms with E-state index in [4.69, 9.17) is 14.0 Å². The van der Waals surface area contributed by atoms with Crippen molar-refractivity contribution in [3.8, 4) is 11.3 Å². The molecule has 1 aliphatic heterocycles.